The predicted octanol–water partition coefficient (Wildman–Crippen LogP) is 3.73. The molecule has 1 fully saturated rings. The maximum atomic E-state index is 12.9. The van der Waals surface area contributed by atoms with Gasteiger partial charge in [-0.05, 0) is 49.2 Å². The van der Waals surface area contributed by atoms with Gasteiger partial charge in [-0.3, -0.25) is 9.78 Å². The fraction of sp³-hybridized carbons (Fsp3) is 0.269. The number of rotatable bonds is 4. The number of nitrogens with one attached hydrogen (secondary N) is 2. The van der Waals surface area contributed by atoms with Crippen LogP contribution < -0.4 is 5.32 Å². The number of fused-ring (bicyclic) bond motifs is 2. The van der Waals surface area contributed by atoms with E-state index in [4.69, 9.17) is 9.83 Å². The maximum Gasteiger partial charge on any atom is 0.257 e. The molecule has 9 nitrogen and oxygen atoms in total. The van der Waals surface area contributed by atoms with Gasteiger partial charge in [0.1, 0.15) is 0 Å². The topological polar surface area (TPSA) is 111 Å². The van der Waals surface area contributed by atoms with Gasteiger partial charge in [0.2, 0.25) is 0 Å². The zero-order valence-corrected chi connectivity index (χ0v) is 19.4. The van der Waals surface area contributed by atoms with E-state index in [1.54, 1.807) is 24.8 Å². The molecule has 1 aliphatic heterocycles. The number of aromatic nitrogens is 3. The first kappa shape index (κ1) is 21.4. The van der Waals surface area contributed by atoms with Gasteiger partial charge in [-0.25, -0.2) is 9.97 Å². The van der Waals surface area contributed by atoms with Crippen molar-refractivity contribution in [3.63, 3.8) is 0 Å². The predicted molar refractivity (Wildman–Crippen MR) is 133 cm³/mol. The van der Waals surface area contributed by atoms with Gasteiger partial charge in [0.25, 0.3) is 5.91 Å². The van der Waals surface area contributed by atoms with Crippen LogP contribution in [-0.2, 0) is 6.42 Å². The molecule has 9 heteroatoms. The van der Waals surface area contributed by atoms with Crippen molar-refractivity contribution in [2.75, 3.05) is 38.5 Å². The SMILES string of the molecule is CN1CCN(C(=O)c2cnc(-c3oc4cnccc4c3Nc3ccc4c(c3)CCC4=N)nc2)CC1. The number of hydrogen-bond donors (Lipinski definition) is 2. The summed E-state index contributed by atoms with van der Waals surface area (Å²) < 4.78 is 6.11. The van der Waals surface area contributed by atoms with E-state index >= 15 is 0 Å². The molecule has 2 aliphatic rings. The summed E-state index contributed by atoms with van der Waals surface area (Å²) in [5.41, 5.74) is 5.60. The number of carbonyl (C=O) groups is 1. The van der Waals surface area contributed by atoms with Crippen LogP contribution in [0.4, 0.5) is 11.4 Å². The van der Waals surface area contributed by atoms with Crippen molar-refractivity contribution in [2.45, 2.75) is 12.8 Å². The van der Waals surface area contributed by atoms with Crippen LogP contribution in [0.3, 0.4) is 0 Å². The molecule has 1 aliphatic carbocycles. The van der Waals surface area contributed by atoms with E-state index in [9.17, 15) is 4.79 Å². The minimum absolute atomic E-state index is 0.0551. The third kappa shape index (κ3) is 3.93. The van der Waals surface area contributed by atoms with Crippen molar-refractivity contribution in [2.24, 2.45) is 0 Å². The fourth-order valence-electron chi connectivity index (χ4n) is 4.69. The van der Waals surface area contributed by atoms with Crippen LogP contribution >= 0.6 is 0 Å². The number of piperazine rings is 1. The summed E-state index contributed by atoms with van der Waals surface area (Å²) in [4.78, 5) is 30.1. The minimum Gasteiger partial charge on any atom is -0.449 e. The summed E-state index contributed by atoms with van der Waals surface area (Å²) in [6, 6.07) is 7.94. The van der Waals surface area contributed by atoms with Gasteiger partial charge in [-0.2, -0.15) is 0 Å². The number of anilines is 2. The molecule has 0 spiro atoms. The van der Waals surface area contributed by atoms with Crippen LogP contribution in [0.25, 0.3) is 22.6 Å². The standard InChI is InChI=1S/C26H25N7O2/c1-32-8-10-33(11-9-32)26(34)17-13-29-25(30-14-17)24-23(20-6-7-28-15-22(20)35-24)31-18-3-4-19-16(12-18)2-5-21(19)27/h3-4,6-7,12-15,27,31H,2,5,8-11H2,1H3. The van der Waals surface area contributed by atoms with E-state index in [0.29, 0.717) is 41.5 Å². The zero-order valence-electron chi connectivity index (χ0n) is 19.4. The second-order valence-corrected chi connectivity index (χ2v) is 9.04. The number of hydrogen-bond acceptors (Lipinski definition) is 8. The molecular formula is C26H25N7O2. The molecule has 6 rings (SSSR count). The van der Waals surface area contributed by atoms with Crippen molar-refractivity contribution < 1.29 is 9.21 Å². The first-order valence-electron chi connectivity index (χ1n) is 11.7. The number of carbonyl (C=O) groups excluding carboxylic acids is 1. The first-order chi connectivity index (χ1) is 17.1. The Morgan fingerprint density at radius 3 is 2.66 bits per heavy atom. The number of nitrogens with zero attached hydrogens (tertiary/aromatic N) is 5. The van der Waals surface area contributed by atoms with Crippen molar-refractivity contribution in [1.29, 1.82) is 5.41 Å². The Morgan fingerprint density at radius 2 is 1.86 bits per heavy atom. The molecule has 1 saturated heterocycles. The van der Waals surface area contributed by atoms with Gasteiger partial charge in [0.15, 0.2) is 17.2 Å². The van der Waals surface area contributed by atoms with E-state index in [0.717, 1.165) is 48.3 Å². The second-order valence-electron chi connectivity index (χ2n) is 9.04. The van der Waals surface area contributed by atoms with Crippen LogP contribution in [0.15, 0.2) is 53.5 Å². The van der Waals surface area contributed by atoms with E-state index in [2.05, 4.69) is 38.3 Å². The van der Waals surface area contributed by atoms with Crippen LogP contribution in [0.1, 0.15) is 27.9 Å². The third-order valence-electron chi connectivity index (χ3n) is 6.73. The Balaban J connectivity index is 1.32. The summed E-state index contributed by atoms with van der Waals surface area (Å²) in [7, 11) is 2.06. The molecule has 4 aromatic rings. The highest BCUT2D eigenvalue weighted by molar-refractivity contribution is 6.03. The lowest BCUT2D eigenvalue weighted by Gasteiger charge is -2.32. The minimum atomic E-state index is -0.0551. The Morgan fingerprint density at radius 1 is 1.06 bits per heavy atom. The number of pyridine rings is 1. The van der Waals surface area contributed by atoms with Crippen LogP contribution in [0, 0.1) is 5.41 Å². The normalized spacial score (nSPS) is 16.0. The molecule has 4 heterocycles. The van der Waals surface area contributed by atoms with E-state index in [1.165, 1.54) is 5.56 Å². The Hall–Kier alpha value is -4.11. The summed E-state index contributed by atoms with van der Waals surface area (Å²) in [5.74, 6) is 0.821. The third-order valence-corrected chi connectivity index (χ3v) is 6.73. The van der Waals surface area contributed by atoms with E-state index < -0.39 is 0 Å². The number of furan rings is 1. The van der Waals surface area contributed by atoms with E-state index in [-0.39, 0.29) is 5.91 Å². The number of amides is 1. The highest BCUT2D eigenvalue weighted by atomic mass is 16.3. The number of benzene rings is 1. The van der Waals surface area contributed by atoms with Gasteiger partial charge in [-0.15, -0.1) is 0 Å². The smallest absolute Gasteiger partial charge is 0.257 e. The number of likely N-dealkylation sites (N-methyl/N-ethyl adjacent to an activating group) is 1. The lowest BCUT2D eigenvalue weighted by Crippen LogP contribution is -2.47. The molecule has 176 valence electrons. The highest BCUT2D eigenvalue weighted by Crippen LogP contribution is 2.38. The molecule has 2 N–H and O–H groups in total. The Bertz CT molecular complexity index is 1440. The highest BCUT2D eigenvalue weighted by Gasteiger charge is 2.23. The summed E-state index contributed by atoms with van der Waals surface area (Å²) in [6.07, 6.45) is 8.17. The average molecular weight is 468 g/mol. The molecule has 0 radical (unpaired) electrons. The molecule has 0 saturated carbocycles. The fourth-order valence-corrected chi connectivity index (χ4v) is 4.69. The maximum absolute atomic E-state index is 12.9. The Kier molecular flexibility index (Phi) is 5.26. The van der Waals surface area contributed by atoms with Gasteiger partial charge < -0.3 is 24.9 Å². The van der Waals surface area contributed by atoms with Crippen molar-refractivity contribution in [3.8, 4) is 11.6 Å². The largest absolute Gasteiger partial charge is 0.449 e. The van der Waals surface area contributed by atoms with Crippen LogP contribution in [-0.4, -0.2) is 69.6 Å². The van der Waals surface area contributed by atoms with Gasteiger partial charge in [-0.1, -0.05) is 6.07 Å². The van der Waals surface area contributed by atoms with Crippen molar-refractivity contribution in [1.82, 2.24) is 24.8 Å². The van der Waals surface area contributed by atoms with Gasteiger partial charge >= 0.3 is 0 Å². The van der Waals surface area contributed by atoms with Crippen LogP contribution in [0.5, 0.6) is 0 Å². The molecule has 35 heavy (non-hydrogen) atoms. The van der Waals surface area contributed by atoms with E-state index in [1.807, 2.05) is 23.1 Å². The lowest BCUT2D eigenvalue weighted by molar-refractivity contribution is 0.0663. The molecule has 1 amide bonds. The van der Waals surface area contributed by atoms with Crippen molar-refractivity contribution >= 4 is 34.0 Å². The summed E-state index contributed by atoms with van der Waals surface area (Å²) in [5, 5.41) is 12.4. The second kappa shape index (κ2) is 8.59. The monoisotopic (exact) mass is 467 g/mol. The van der Waals surface area contributed by atoms with Crippen molar-refractivity contribution in [3.05, 3.63) is 65.7 Å². The lowest BCUT2D eigenvalue weighted by atomic mass is 10.1. The molecule has 0 bridgehead atoms. The summed E-state index contributed by atoms with van der Waals surface area (Å²) >= 11 is 0. The average Bonchev–Trinajstić information content (AvgIpc) is 3.44. The quantitative estimate of drug-likeness (QED) is 0.470. The van der Waals surface area contributed by atoms with Crippen LogP contribution in [0.2, 0.25) is 0 Å². The number of aryl methyl sites for hydroxylation is 1. The summed E-state index contributed by atoms with van der Waals surface area (Å²) in [6.45, 7) is 3.11. The molecule has 0 unspecified atom stereocenters. The zero-order chi connectivity index (χ0) is 23.9. The molecule has 3 aromatic heterocycles. The van der Waals surface area contributed by atoms with Gasteiger partial charge in [0.05, 0.1) is 17.4 Å². The van der Waals surface area contributed by atoms with Gasteiger partial charge in [0, 0.05) is 61.6 Å². The molecule has 0 atom stereocenters. The Labute approximate surface area is 202 Å². The first-order valence-corrected chi connectivity index (χ1v) is 11.7. The molecular weight excluding hydrogens is 442 g/mol. The molecule has 1 aromatic carbocycles.